The van der Waals surface area contributed by atoms with Gasteiger partial charge >= 0.3 is 0 Å². The van der Waals surface area contributed by atoms with Gasteiger partial charge in [0.1, 0.15) is 0 Å². The fourth-order valence-electron chi connectivity index (χ4n) is 1.75. The summed E-state index contributed by atoms with van der Waals surface area (Å²) in [6.45, 7) is 7.07. The van der Waals surface area contributed by atoms with E-state index >= 15 is 0 Å². The molecule has 3 N–H and O–H groups in total. The third-order valence-electron chi connectivity index (χ3n) is 2.79. The maximum atomic E-state index is 8.66. The van der Waals surface area contributed by atoms with Crippen LogP contribution in [0.4, 0.5) is 5.69 Å². The fraction of sp³-hybridized carbons (Fsp3) is 0.462. The highest BCUT2D eigenvalue weighted by Gasteiger charge is 2.10. The minimum atomic E-state index is 0.00825. The lowest BCUT2D eigenvalue weighted by atomic mass is 10.1. The fourth-order valence-corrected chi connectivity index (χ4v) is 2.02. The van der Waals surface area contributed by atoms with Gasteiger partial charge in [-0.3, -0.25) is 0 Å². The van der Waals surface area contributed by atoms with Gasteiger partial charge in [-0.2, -0.15) is 0 Å². The van der Waals surface area contributed by atoms with Crippen LogP contribution in [0.5, 0.6) is 0 Å². The molecule has 0 aliphatic rings. The number of likely N-dealkylation sites (N-methyl/N-ethyl adjacent to an activating group) is 1. The summed E-state index contributed by atoms with van der Waals surface area (Å²) in [7, 11) is 0. The van der Waals surface area contributed by atoms with Crippen LogP contribution >= 0.6 is 11.6 Å². The van der Waals surface area contributed by atoms with Crippen LogP contribution in [-0.2, 0) is 4.74 Å². The van der Waals surface area contributed by atoms with Crippen molar-refractivity contribution >= 4 is 23.1 Å². The van der Waals surface area contributed by atoms with E-state index in [0.29, 0.717) is 23.8 Å². The lowest BCUT2D eigenvalue weighted by Crippen LogP contribution is -2.27. The Hall–Kier alpha value is -1.46. The first kappa shape index (κ1) is 15.6. The van der Waals surface area contributed by atoms with Crippen LogP contribution < -0.4 is 10.6 Å². The number of amidine groups is 1. The summed E-state index contributed by atoms with van der Waals surface area (Å²) in [5.74, 6) is 0.00825. The summed E-state index contributed by atoms with van der Waals surface area (Å²) in [5.41, 5.74) is 7.04. The van der Waals surface area contributed by atoms with E-state index in [1.807, 2.05) is 19.1 Å². The van der Waals surface area contributed by atoms with E-state index < -0.39 is 0 Å². The van der Waals surface area contributed by atoms with E-state index in [9.17, 15) is 0 Å². The highest BCUT2D eigenvalue weighted by Crippen LogP contribution is 2.23. The monoisotopic (exact) mass is 285 g/mol. The van der Waals surface area contributed by atoms with Crippen molar-refractivity contribution in [3.8, 4) is 0 Å². The van der Waals surface area contributed by atoms with Crippen LogP contribution in [0.1, 0.15) is 19.4 Å². The maximum absolute atomic E-state index is 8.66. The highest BCUT2D eigenvalue weighted by atomic mass is 35.5. The topological polar surface area (TPSA) is 71.1 Å². The smallest absolute Gasteiger partial charge is 0.171 e. The number of benzene rings is 1. The van der Waals surface area contributed by atoms with E-state index in [-0.39, 0.29) is 5.84 Å². The Morgan fingerprint density at radius 3 is 2.74 bits per heavy atom. The molecule has 0 fully saturated rings. The van der Waals surface area contributed by atoms with Gasteiger partial charge in [0, 0.05) is 30.9 Å². The standard InChI is InChI=1S/C13H20ClN3O2/c1-3-17(7-8-19-4-2)10-5-6-11(12(14)9-10)13(15)16-18/h5-6,9,18H,3-4,7-8H2,1-2H3,(H2,15,16). The Kier molecular flexibility index (Phi) is 6.45. The molecule has 1 rings (SSSR count). The van der Waals surface area contributed by atoms with Gasteiger partial charge in [0.25, 0.3) is 0 Å². The molecule has 106 valence electrons. The summed E-state index contributed by atoms with van der Waals surface area (Å²) in [6.07, 6.45) is 0. The summed E-state index contributed by atoms with van der Waals surface area (Å²) in [4.78, 5) is 2.15. The van der Waals surface area contributed by atoms with Crippen LogP contribution in [-0.4, -0.2) is 37.3 Å². The molecule has 0 heterocycles. The van der Waals surface area contributed by atoms with Crippen molar-refractivity contribution in [3.05, 3.63) is 28.8 Å². The molecule has 0 bridgehead atoms. The van der Waals surface area contributed by atoms with E-state index in [1.165, 1.54) is 0 Å². The number of nitrogens with zero attached hydrogens (tertiary/aromatic N) is 2. The van der Waals surface area contributed by atoms with Gasteiger partial charge < -0.3 is 20.6 Å². The van der Waals surface area contributed by atoms with Gasteiger partial charge in [-0.05, 0) is 32.0 Å². The Balaban J connectivity index is 2.85. The van der Waals surface area contributed by atoms with Crippen LogP contribution in [0.3, 0.4) is 0 Å². The number of oxime groups is 1. The summed E-state index contributed by atoms with van der Waals surface area (Å²) in [5, 5.41) is 12.1. The molecule has 6 heteroatoms. The molecular formula is C13H20ClN3O2. The van der Waals surface area contributed by atoms with Crippen molar-refractivity contribution in [3.63, 3.8) is 0 Å². The van der Waals surface area contributed by atoms with Gasteiger partial charge in [0.15, 0.2) is 5.84 Å². The normalized spacial score (nSPS) is 11.6. The molecule has 0 radical (unpaired) electrons. The lowest BCUT2D eigenvalue weighted by molar-refractivity contribution is 0.154. The molecule has 0 aliphatic heterocycles. The number of rotatable bonds is 7. The predicted molar refractivity (Wildman–Crippen MR) is 78.3 cm³/mol. The second-order valence-corrected chi connectivity index (χ2v) is 4.33. The Morgan fingerprint density at radius 2 is 2.21 bits per heavy atom. The number of hydrogen-bond acceptors (Lipinski definition) is 4. The van der Waals surface area contributed by atoms with Crippen molar-refractivity contribution in [2.45, 2.75) is 13.8 Å². The number of nitrogens with two attached hydrogens (primary N) is 1. The van der Waals surface area contributed by atoms with Crippen LogP contribution in [0, 0.1) is 0 Å². The quantitative estimate of drug-likeness (QED) is 0.265. The predicted octanol–water partition coefficient (Wildman–Crippen LogP) is 2.30. The Bertz CT molecular complexity index is 438. The molecule has 1 aromatic carbocycles. The number of anilines is 1. The lowest BCUT2D eigenvalue weighted by Gasteiger charge is -2.23. The first-order valence-electron chi connectivity index (χ1n) is 6.24. The molecule has 0 spiro atoms. The SMILES string of the molecule is CCOCCN(CC)c1ccc(C(N)=NO)c(Cl)c1. The van der Waals surface area contributed by atoms with Crippen molar-refractivity contribution in [2.75, 3.05) is 31.2 Å². The number of hydrogen-bond donors (Lipinski definition) is 2. The second-order valence-electron chi connectivity index (χ2n) is 3.93. The molecule has 0 aromatic heterocycles. The molecule has 0 saturated heterocycles. The number of halogens is 1. The minimum absolute atomic E-state index is 0.00825. The van der Waals surface area contributed by atoms with Crippen LogP contribution in [0.2, 0.25) is 5.02 Å². The zero-order chi connectivity index (χ0) is 14.3. The van der Waals surface area contributed by atoms with Gasteiger partial charge in [-0.1, -0.05) is 16.8 Å². The average Bonchev–Trinajstić information content (AvgIpc) is 2.43. The summed E-state index contributed by atoms with van der Waals surface area (Å²) < 4.78 is 5.35. The van der Waals surface area contributed by atoms with Gasteiger partial charge in [-0.15, -0.1) is 0 Å². The molecule has 0 unspecified atom stereocenters. The Morgan fingerprint density at radius 1 is 1.47 bits per heavy atom. The molecule has 1 aromatic rings. The molecule has 5 nitrogen and oxygen atoms in total. The van der Waals surface area contributed by atoms with Crippen LogP contribution in [0.15, 0.2) is 23.4 Å². The largest absolute Gasteiger partial charge is 0.409 e. The second kappa shape index (κ2) is 7.86. The van der Waals surface area contributed by atoms with E-state index in [2.05, 4.69) is 17.0 Å². The van der Waals surface area contributed by atoms with E-state index in [0.717, 1.165) is 18.8 Å². The molecule has 0 atom stereocenters. The summed E-state index contributed by atoms with van der Waals surface area (Å²) >= 11 is 6.14. The highest BCUT2D eigenvalue weighted by molar-refractivity contribution is 6.34. The van der Waals surface area contributed by atoms with Crippen molar-refractivity contribution in [1.82, 2.24) is 0 Å². The molecule has 0 aliphatic carbocycles. The maximum Gasteiger partial charge on any atom is 0.171 e. The zero-order valence-corrected chi connectivity index (χ0v) is 12.0. The van der Waals surface area contributed by atoms with E-state index in [4.69, 9.17) is 27.3 Å². The molecule has 19 heavy (non-hydrogen) atoms. The molecular weight excluding hydrogens is 266 g/mol. The van der Waals surface area contributed by atoms with Gasteiger partial charge in [-0.25, -0.2) is 0 Å². The third kappa shape index (κ3) is 4.29. The average molecular weight is 286 g/mol. The molecule has 0 amide bonds. The first-order chi connectivity index (χ1) is 9.13. The van der Waals surface area contributed by atoms with E-state index in [1.54, 1.807) is 6.07 Å². The minimum Gasteiger partial charge on any atom is -0.409 e. The van der Waals surface area contributed by atoms with Gasteiger partial charge in [0.2, 0.25) is 0 Å². The molecule has 0 saturated carbocycles. The number of ether oxygens (including phenoxy) is 1. The third-order valence-corrected chi connectivity index (χ3v) is 3.11. The van der Waals surface area contributed by atoms with Crippen molar-refractivity contribution in [1.29, 1.82) is 0 Å². The first-order valence-corrected chi connectivity index (χ1v) is 6.61. The van der Waals surface area contributed by atoms with Gasteiger partial charge in [0.05, 0.1) is 11.6 Å². The zero-order valence-electron chi connectivity index (χ0n) is 11.3. The summed E-state index contributed by atoms with van der Waals surface area (Å²) in [6, 6.07) is 5.45. The van der Waals surface area contributed by atoms with Crippen molar-refractivity contribution < 1.29 is 9.94 Å². The Labute approximate surface area is 118 Å². The van der Waals surface area contributed by atoms with Crippen LogP contribution in [0.25, 0.3) is 0 Å². The van der Waals surface area contributed by atoms with Crippen molar-refractivity contribution in [2.24, 2.45) is 10.9 Å².